The fraction of sp³-hybridized carbons (Fsp3) is 0.526. The zero-order chi connectivity index (χ0) is 16.9. The Kier molecular flexibility index (Phi) is 5.83. The standard InChI is InChI=1S/C19H29N3O/c1-5-10-19(2,3)15-21(4)18(23)16-8-6-7-9-17(16)22-13-11-20-12-14-22/h5-9,20H,1,10-15H2,2-4H3. The number of rotatable bonds is 6. The zero-order valence-corrected chi connectivity index (χ0v) is 14.6. The van der Waals surface area contributed by atoms with Crippen molar-refractivity contribution >= 4 is 11.6 Å². The van der Waals surface area contributed by atoms with Gasteiger partial charge in [-0.15, -0.1) is 6.58 Å². The van der Waals surface area contributed by atoms with Gasteiger partial charge in [0.25, 0.3) is 5.91 Å². The van der Waals surface area contributed by atoms with Crippen LogP contribution in [0.2, 0.25) is 0 Å². The fourth-order valence-electron chi connectivity index (χ4n) is 3.21. The number of carbonyl (C=O) groups excluding carboxylic acids is 1. The first-order valence-corrected chi connectivity index (χ1v) is 8.36. The van der Waals surface area contributed by atoms with Crippen LogP contribution in [0.3, 0.4) is 0 Å². The van der Waals surface area contributed by atoms with Crippen molar-refractivity contribution in [3.8, 4) is 0 Å². The molecule has 1 aliphatic heterocycles. The number of benzene rings is 1. The molecule has 1 aromatic rings. The van der Waals surface area contributed by atoms with Crippen LogP contribution >= 0.6 is 0 Å². The van der Waals surface area contributed by atoms with Crippen molar-refractivity contribution in [3.63, 3.8) is 0 Å². The van der Waals surface area contributed by atoms with E-state index < -0.39 is 0 Å². The normalized spacial score (nSPS) is 15.3. The Bertz CT molecular complexity index is 547. The summed E-state index contributed by atoms with van der Waals surface area (Å²) >= 11 is 0. The topological polar surface area (TPSA) is 35.6 Å². The molecule has 23 heavy (non-hydrogen) atoms. The lowest BCUT2D eigenvalue weighted by Crippen LogP contribution is -2.44. The van der Waals surface area contributed by atoms with Gasteiger partial charge in [-0.05, 0) is 24.0 Å². The van der Waals surface area contributed by atoms with Crippen molar-refractivity contribution in [2.45, 2.75) is 20.3 Å². The minimum absolute atomic E-state index is 0.0378. The Morgan fingerprint density at radius 3 is 2.65 bits per heavy atom. The molecule has 126 valence electrons. The van der Waals surface area contributed by atoms with Crippen LogP contribution in [0.4, 0.5) is 5.69 Å². The molecule has 0 spiro atoms. The largest absolute Gasteiger partial charge is 0.368 e. The van der Waals surface area contributed by atoms with Gasteiger partial charge in [0.05, 0.1) is 5.56 Å². The molecule has 2 rings (SSSR count). The molecule has 1 saturated heterocycles. The number of carbonyl (C=O) groups is 1. The lowest BCUT2D eigenvalue weighted by atomic mass is 9.88. The molecule has 0 saturated carbocycles. The molecule has 0 unspecified atom stereocenters. The second-order valence-corrected chi connectivity index (χ2v) is 7.07. The van der Waals surface area contributed by atoms with Crippen molar-refractivity contribution in [1.82, 2.24) is 10.2 Å². The van der Waals surface area contributed by atoms with E-state index in [1.807, 2.05) is 36.2 Å². The molecule has 0 atom stereocenters. The van der Waals surface area contributed by atoms with E-state index in [9.17, 15) is 4.79 Å². The van der Waals surface area contributed by atoms with E-state index in [-0.39, 0.29) is 11.3 Å². The molecule has 1 aromatic carbocycles. The van der Waals surface area contributed by atoms with E-state index in [4.69, 9.17) is 0 Å². The Morgan fingerprint density at radius 2 is 2.00 bits per heavy atom. The maximum Gasteiger partial charge on any atom is 0.255 e. The molecular weight excluding hydrogens is 286 g/mol. The number of piperazine rings is 1. The van der Waals surface area contributed by atoms with Crippen molar-refractivity contribution in [1.29, 1.82) is 0 Å². The van der Waals surface area contributed by atoms with Crippen LogP contribution < -0.4 is 10.2 Å². The summed E-state index contributed by atoms with van der Waals surface area (Å²) < 4.78 is 0. The number of hydrogen-bond donors (Lipinski definition) is 1. The van der Waals surface area contributed by atoms with E-state index >= 15 is 0 Å². The predicted molar refractivity (Wildman–Crippen MR) is 97.1 cm³/mol. The van der Waals surface area contributed by atoms with Gasteiger partial charge in [-0.25, -0.2) is 0 Å². The van der Waals surface area contributed by atoms with Crippen LogP contribution in [-0.4, -0.2) is 50.6 Å². The molecule has 4 nitrogen and oxygen atoms in total. The average molecular weight is 315 g/mol. The van der Waals surface area contributed by atoms with Crippen molar-refractivity contribution in [2.75, 3.05) is 44.7 Å². The van der Waals surface area contributed by atoms with Crippen LogP contribution in [0.15, 0.2) is 36.9 Å². The third-order valence-corrected chi connectivity index (χ3v) is 4.30. The maximum atomic E-state index is 12.9. The fourth-order valence-corrected chi connectivity index (χ4v) is 3.21. The quantitative estimate of drug-likeness (QED) is 0.820. The van der Waals surface area contributed by atoms with Gasteiger partial charge in [0.1, 0.15) is 0 Å². The average Bonchev–Trinajstić information content (AvgIpc) is 2.54. The molecule has 0 aliphatic carbocycles. The Balaban J connectivity index is 2.17. The Hall–Kier alpha value is -1.81. The number of amides is 1. The van der Waals surface area contributed by atoms with E-state index in [1.165, 1.54) is 0 Å². The molecule has 1 N–H and O–H groups in total. The van der Waals surface area contributed by atoms with Crippen molar-refractivity contribution in [2.24, 2.45) is 5.41 Å². The summed E-state index contributed by atoms with van der Waals surface area (Å²) in [5.74, 6) is 0.0938. The van der Waals surface area contributed by atoms with Gasteiger partial charge < -0.3 is 15.1 Å². The highest BCUT2D eigenvalue weighted by atomic mass is 16.2. The molecule has 0 bridgehead atoms. The molecule has 1 heterocycles. The van der Waals surface area contributed by atoms with E-state index in [1.54, 1.807) is 0 Å². The summed E-state index contributed by atoms with van der Waals surface area (Å²) in [4.78, 5) is 17.1. The summed E-state index contributed by atoms with van der Waals surface area (Å²) in [7, 11) is 1.89. The third-order valence-electron chi connectivity index (χ3n) is 4.30. The molecular formula is C19H29N3O. The Morgan fingerprint density at radius 1 is 1.35 bits per heavy atom. The van der Waals surface area contributed by atoms with Crippen molar-refractivity contribution < 1.29 is 4.79 Å². The van der Waals surface area contributed by atoms with Crippen LogP contribution in [0.25, 0.3) is 0 Å². The maximum absolute atomic E-state index is 12.9. The van der Waals surface area contributed by atoms with E-state index in [2.05, 4.69) is 36.7 Å². The predicted octanol–water partition coefficient (Wildman–Crippen LogP) is 2.77. The number of allylic oxidation sites excluding steroid dienone is 1. The zero-order valence-electron chi connectivity index (χ0n) is 14.6. The monoisotopic (exact) mass is 315 g/mol. The number of para-hydroxylation sites is 1. The molecule has 1 fully saturated rings. The van der Waals surface area contributed by atoms with Gasteiger partial charge in [-0.3, -0.25) is 4.79 Å². The highest BCUT2D eigenvalue weighted by molar-refractivity contribution is 5.99. The summed E-state index contributed by atoms with van der Waals surface area (Å²) in [6.07, 6.45) is 2.82. The van der Waals surface area contributed by atoms with Crippen LogP contribution in [0, 0.1) is 5.41 Å². The van der Waals surface area contributed by atoms with Gasteiger partial charge in [0, 0.05) is 45.5 Å². The number of hydrogen-bond acceptors (Lipinski definition) is 3. The lowest BCUT2D eigenvalue weighted by molar-refractivity contribution is 0.0737. The molecule has 4 heteroatoms. The van der Waals surface area contributed by atoms with Gasteiger partial charge in [0.15, 0.2) is 0 Å². The molecule has 1 amide bonds. The Labute approximate surface area is 140 Å². The van der Waals surface area contributed by atoms with Crippen molar-refractivity contribution in [3.05, 3.63) is 42.5 Å². The number of nitrogens with zero attached hydrogens (tertiary/aromatic N) is 2. The number of nitrogens with one attached hydrogen (secondary N) is 1. The first-order valence-electron chi connectivity index (χ1n) is 8.36. The van der Waals surface area contributed by atoms with Crippen LogP contribution in [-0.2, 0) is 0 Å². The minimum atomic E-state index is 0.0378. The summed E-state index contributed by atoms with van der Waals surface area (Å²) in [6, 6.07) is 7.95. The second kappa shape index (κ2) is 7.64. The van der Waals surface area contributed by atoms with Gasteiger partial charge in [-0.1, -0.05) is 32.1 Å². The first-order chi connectivity index (χ1) is 10.9. The van der Waals surface area contributed by atoms with Gasteiger partial charge >= 0.3 is 0 Å². The summed E-state index contributed by atoms with van der Waals surface area (Å²) in [5.41, 5.74) is 1.88. The van der Waals surface area contributed by atoms with E-state index in [0.717, 1.165) is 43.9 Å². The summed E-state index contributed by atoms with van der Waals surface area (Å²) in [6.45, 7) is 12.7. The van der Waals surface area contributed by atoms with E-state index in [0.29, 0.717) is 6.54 Å². The number of anilines is 1. The molecule has 0 radical (unpaired) electrons. The second-order valence-electron chi connectivity index (χ2n) is 7.07. The highest BCUT2D eigenvalue weighted by Gasteiger charge is 2.25. The van der Waals surface area contributed by atoms with Crippen LogP contribution in [0.5, 0.6) is 0 Å². The van der Waals surface area contributed by atoms with Gasteiger partial charge in [0.2, 0.25) is 0 Å². The minimum Gasteiger partial charge on any atom is -0.368 e. The molecule has 1 aliphatic rings. The first kappa shape index (κ1) is 17.5. The van der Waals surface area contributed by atoms with Crippen LogP contribution in [0.1, 0.15) is 30.6 Å². The molecule has 0 aromatic heterocycles. The SMILES string of the molecule is C=CCC(C)(C)CN(C)C(=O)c1ccccc1N1CCNCC1. The third kappa shape index (κ3) is 4.58. The van der Waals surface area contributed by atoms with Gasteiger partial charge in [-0.2, -0.15) is 0 Å². The highest BCUT2D eigenvalue weighted by Crippen LogP contribution is 2.25. The smallest absolute Gasteiger partial charge is 0.255 e. The summed E-state index contributed by atoms with van der Waals surface area (Å²) in [5, 5.41) is 3.35. The lowest BCUT2D eigenvalue weighted by Gasteiger charge is -2.33.